The second-order valence-corrected chi connectivity index (χ2v) is 12.5. The monoisotopic (exact) mass is 492 g/mol. The quantitative estimate of drug-likeness (QED) is 0.528. The number of hydrogen-bond donors (Lipinski definition) is 0. The zero-order valence-electron chi connectivity index (χ0n) is 19.0. The molecule has 1 aliphatic heterocycles. The van der Waals surface area contributed by atoms with Crippen LogP contribution in [-0.4, -0.2) is 51.2 Å². The molecule has 2 aliphatic rings. The highest BCUT2D eigenvalue weighted by molar-refractivity contribution is 7.89. The number of sulfonamides is 2. The van der Waals surface area contributed by atoms with E-state index in [1.54, 1.807) is 0 Å². The van der Waals surface area contributed by atoms with Gasteiger partial charge in [0.25, 0.3) is 0 Å². The van der Waals surface area contributed by atoms with Gasteiger partial charge in [-0.1, -0.05) is 25.0 Å². The summed E-state index contributed by atoms with van der Waals surface area (Å²) in [5.74, 6) is 0.753. The van der Waals surface area contributed by atoms with Crippen molar-refractivity contribution in [3.05, 3.63) is 54.1 Å². The van der Waals surface area contributed by atoms with Gasteiger partial charge in [0, 0.05) is 25.7 Å². The van der Waals surface area contributed by atoms with Crippen molar-refractivity contribution in [2.45, 2.75) is 67.8 Å². The highest BCUT2D eigenvalue weighted by Gasteiger charge is 2.38. The third kappa shape index (κ3) is 5.59. The maximum Gasteiger partial charge on any atom is 0.243 e. The lowest BCUT2D eigenvalue weighted by Gasteiger charge is -2.23. The van der Waals surface area contributed by atoms with Gasteiger partial charge in [0.1, 0.15) is 5.75 Å². The lowest BCUT2D eigenvalue weighted by Crippen LogP contribution is -2.33. The van der Waals surface area contributed by atoms with Crippen molar-refractivity contribution in [3.63, 3.8) is 0 Å². The number of rotatable bonds is 9. The summed E-state index contributed by atoms with van der Waals surface area (Å²) in [6.45, 7) is 3.79. The minimum atomic E-state index is -3.76. The molecule has 0 atom stereocenters. The summed E-state index contributed by atoms with van der Waals surface area (Å²) in [7, 11) is -7.37. The highest BCUT2D eigenvalue weighted by atomic mass is 32.2. The van der Waals surface area contributed by atoms with Crippen LogP contribution in [0.2, 0.25) is 0 Å². The van der Waals surface area contributed by atoms with Crippen molar-refractivity contribution >= 4 is 20.0 Å². The summed E-state index contributed by atoms with van der Waals surface area (Å²) in [5.41, 5.74) is 0.884. The van der Waals surface area contributed by atoms with E-state index < -0.39 is 20.0 Å². The zero-order chi connectivity index (χ0) is 23.5. The Hall–Kier alpha value is -1.94. The van der Waals surface area contributed by atoms with Gasteiger partial charge in [-0.3, -0.25) is 0 Å². The molecule has 0 amide bonds. The average molecular weight is 493 g/mol. The predicted octanol–water partition coefficient (Wildman–Crippen LogP) is 4.00. The molecule has 0 N–H and O–H groups in total. The van der Waals surface area contributed by atoms with Gasteiger partial charge in [-0.05, 0) is 74.6 Å². The fourth-order valence-corrected chi connectivity index (χ4v) is 7.35. The Balaban J connectivity index is 1.53. The number of nitrogens with zero attached hydrogens (tertiary/aromatic N) is 2. The maximum absolute atomic E-state index is 13.4. The van der Waals surface area contributed by atoms with Crippen LogP contribution in [0.4, 0.5) is 0 Å². The first kappa shape index (κ1) is 24.2. The molecular weight excluding hydrogens is 460 g/mol. The Morgan fingerprint density at radius 3 is 1.97 bits per heavy atom. The van der Waals surface area contributed by atoms with Crippen LogP contribution in [0.1, 0.15) is 51.0 Å². The van der Waals surface area contributed by atoms with Crippen LogP contribution in [0.15, 0.2) is 58.3 Å². The van der Waals surface area contributed by atoms with Gasteiger partial charge in [0.05, 0.1) is 16.4 Å². The molecule has 9 heteroatoms. The minimum Gasteiger partial charge on any atom is -0.494 e. The molecule has 0 spiro atoms. The topological polar surface area (TPSA) is 84.0 Å². The Morgan fingerprint density at radius 2 is 1.42 bits per heavy atom. The Bertz CT molecular complexity index is 1130. The SMILES string of the molecule is CCOc1ccc(CN(C2CC2)S(=O)(=O)c2ccc(S(=O)(=O)N3CCCCCC3)cc2)cc1. The standard InChI is InChI=1S/C24H32N2O5S2/c1-2-31-22-11-7-20(8-12-22)19-26(21-9-10-21)33(29,30)24-15-13-23(14-16-24)32(27,28)25-17-5-3-4-6-18-25/h7-8,11-16,21H,2-6,9-10,17-19H2,1H3. The van der Waals surface area contributed by atoms with Gasteiger partial charge in [-0.25, -0.2) is 16.8 Å². The molecular formula is C24H32N2O5S2. The van der Waals surface area contributed by atoms with Gasteiger partial charge >= 0.3 is 0 Å². The van der Waals surface area contributed by atoms with Crippen molar-refractivity contribution in [1.82, 2.24) is 8.61 Å². The molecule has 33 heavy (non-hydrogen) atoms. The first-order valence-electron chi connectivity index (χ1n) is 11.7. The van der Waals surface area contributed by atoms with Gasteiger partial charge in [-0.2, -0.15) is 8.61 Å². The van der Waals surface area contributed by atoms with E-state index in [1.807, 2.05) is 31.2 Å². The van der Waals surface area contributed by atoms with E-state index in [9.17, 15) is 16.8 Å². The van der Waals surface area contributed by atoms with Crippen LogP contribution in [0.25, 0.3) is 0 Å². The van der Waals surface area contributed by atoms with Crippen LogP contribution in [-0.2, 0) is 26.6 Å². The molecule has 0 aromatic heterocycles. The fourth-order valence-electron chi connectivity index (χ4n) is 4.16. The molecule has 2 fully saturated rings. The fraction of sp³-hybridized carbons (Fsp3) is 0.500. The van der Waals surface area contributed by atoms with Gasteiger partial charge in [-0.15, -0.1) is 0 Å². The van der Waals surface area contributed by atoms with Crippen LogP contribution in [0, 0.1) is 0 Å². The summed E-state index contributed by atoms with van der Waals surface area (Å²) in [6, 6.07) is 13.1. The van der Waals surface area contributed by atoms with E-state index in [1.165, 1.54) is 32.9 Å². The van der Waals surface area contributed by atoms with Crippen LogP contribution >= 0.6 is 0 Å². The molecule has 7 nitrogen and oxygen atoms in total. The van der Waals surface area contributed by atoms with Crippen LogP contribution < -0.4 is 4.74 Å². The van der Waals surface area contributed by atoms with E-state index in [0.717, 1.165) is 49.8 Å². The summed E-state index contributed by atoms with van der Waals surface area (Å²) < 4.78 is 61.4. The third-order valence-corrected chi connectivity index (χ3v) is 9.99. The van der Waals surface area contributed by atoms with Crippen LogP contribution in [0.3, 0.4) is 0 Å². The van der Waals surface area contributed by atoms with Gasteiger partial charge in [0.2, 0.25) is 20.0 Å². The smallest absolute Gasteiger partial charge is 0.243 e. The molecule has 1 saturated heterocycles. The van der Waals surface area contributed by atoms with E-state index >= 15 is 0 Å². The normalized spacial score (nSPS) is 18.2. The summed E-state index contributed by atoms with van der Waals surface area (Å²) in [4.78, 5) is 0.267. The molecule has 1 heterocycles. The molecule has 4 rings (SSSR count). The lowest BCUT2D eigenvalue weighted by molar-refractivity contribution is 0.340. The van der Waals surface area contributed by atoms with Crippen molar-refractivity contribution < 1.29 is 21.6 Å². The molecule has 0 bridgehead atoms. The van der Waals surface area contributed by atoms with E-state index in [-0.39, 0.29) is 22.4 Å². The Kier molecular flexibility index (Phi) is 7.43. The van der Waals surface area contributed by atoms with Crippen molar-refractivity contribution in [2.75, 3.05) is 19.7 Å². The number of benzene rings is 2. The molecule has 1 saturated carbocycles. The first-order chi connectivity index (χ1) is 15.8. The third-order valence-electron chi connectivity index (χ3n) is 6.16. The van der Waals surface area contributed by atoms with Gasteiger partial charge in [0.15, 0.2) is 0 Å². The molecule has 0 unspecified atom stereocenters. The van der Waals surface area contributed by atoms with Gasteiger partial charge < -0.3 is 4.74 Å². The van der Waals surface area contributed by atoms with Crippen molar-refractivity contribution in [2.24, 2.45) is 0 Å². The first-order valence-corrected chi connectivity index (χ1v) is 14.5. The lowest BCUT2D eigenvalue weighted by atomic mass is 10.2. The maximum atomic E-state index is 13.4. The molecule has 0 radical (unpaired) electrons. The summed E-state index contributed by atoms with van der Waals surface area (Å²) in [6.07, 6.45) is 5.44. The second-order valence-electron chi connectivity index (χ2n) is 8.65. The Labute approximate surface area is 197 Å². The number of hydrogen-bond acceptors (Lipinski definition) is 5. The molecule has 2 aromatic carbocycles. The molecule has 180 valence electrons. The molecule has 2 aromatic rings. The average Bonchev–Trinajstić information content (AvgIpc) is 3.66. The summed E-state index contributed by atoms with van der Waals surface area (Å²) in [5, 5.41) is 0. The van der Waals surface area contributed by atoms with Crippen molar-refractivity contribution in [1.29, 1.82) is 0 Å². The van der Waals surface area contributed by atoms with E-state index in [4.69, 9.17) is 4.74 Å². The minimum absolute atomic E-state index is 0.0259. The van der Waals surface area contributed by atoms with E-state index in [2.05, 4.69) is 0 Å². The highest BCUT2D eigenvalue weighted by Crippen LogP contribution is 2.34. The zero-order valence-corrected chi connectivity index (χ0v) is 20.7. The van der Waals surface area contributed by atoms with Crippen molar-refractivity contribution in [3.8, 4) is 5.75 Å². The summed E-state index contributed by atoms with van der Waals surface area (Å²) >= 11 is 0. The van der Waals surface area contributed by atoms with Crippen LogP contribution in [0.5, 0.6) is 5.75 Å². The molecule has 1 aliphatic carbocycles. The second kappa shape index (κ2) is 10.1. The Morgan fingerprint density at radius 1 is 0.848 bits per heavy atom. The predicted molar refractivity (Wildman–Crippen MR) is 127 cm³/mol. The number of ether oxygens (including phenoxy) is 1. The largest absolute Gasteiger partial charge is 0.494 e. The van der Waals surface area contributed by atoms with E-state index in [0.29, 0.717) is 19.7 Å².